The number of nitrogens with one attached hydrogen (secondary N) is 1. The molecule has 3 atom stereocenters. The first kappa shape index (κ1) is 33.1. The van der Waals surface area contributed by atoms with E-state index in [2.05, 4.69) is 49.6 Å². The lowest BCUT2D eigenvalue weighted by Gasteiger charge is -2.42. The molecular formula is C32H43ClN10O4. The zero-order valence-corrected chi connectivity index (χ0v) is 27.8. The van der Waals surface area contributed by atoms with Crippen LogP contribution in [-0.4, -0.2) is 101 Å². The van der Waals surface area contributed by atoms with Gasteiger partial charge in [-0.2, -0.15) is 0 Å². The van der Waals surface area contributed by atoms with E-state index in [0.29, 0.717) is 53.9 Å². The number of tetrazole rings is 1. The van der Waals surface area contributed by atoms with Crippen LogP contribution in [0.1, 0.15) is 58.9 Å². The van der Waals surface area contributed by atoms with Crippen LogP contribution in [0.2, 0.25) is 5.02 Å². The van der Waals surface area contributed by atoms with E-state index in [1.54, 1.807) is 29.5 Å². The van der Waals surface area contributed by atoms with Crippen LogP contribution >= 0.6 is 11.6 Å². The molecule has 1 saturated carbocycles. The Kier molecular flexibility index (Phi) is 10.8. The van der Waals surface area contributed by atoms with Crippen molar-refractivity contribution in [1.82, 2.24) is 44.9 Å². The molecule has 3 aromatic heterocycles. The molecule has 4 aromatic rings. The van der Waals surface area contributed by atoms with Crippen LogP contribution in [-0.2, 0) is 11.3 Å². The highest BCUT2D eigenvalue weighted by atomic mass is 35.5. The van der Waals surface area contributed by atoms with Crippen LogP contribution in [0.25, 0.3) is 11.1 Å². The summed E-state index contributed by atoms with van der Waals surface area (Å²) in [6.45, 7) is 9.12. The Labute approximate surface area is 279 Å². The maximum Gasteiger partial charge on any atom is 0.256 e. The van der Waals surface area contributed by atoms with Gasteiger partial charge in [-0.15, -0.1) is 10.2 Å². The minimum Gasteiger partial charge on any atom is -0.487 e. The number of hydrogen-bond acceptors (Lipinski definition) is 12. The van der Waals surface area contributed by atoms with Crippen molar-refractivity contribution in [3.63, 3.8) is 0 Å². The third-order valence-electron chi connectivity index (χ3n) is 8.57. The number of aliphatic hydroxyl groups is 1. The zero-order chi connectivity index (χ0) is 32.8. The number of halogens is 1. The molecule has 0 radical (unpaired) electrons. The standard InChI is InChI=1S/C32H43ClN10O4/c1-21-16-41(17-22(2)46-21)26-6-8-27(9-7-26)43-19-29(31(38-43)45-12-4-11-44)37-32-34-14-25(15-35-32)24-5-10-28(33)30(13-24)47-23(3)18-42-20-36-39-40-42/h5,10,13-15,19-23,26-27,44H,4,6-9,11-12,16-18H2,1-3H3,(H,34,35,37)/t21-,22+,23?,26?,27?. The van der Waals surface area contributed by atoms with Gasteiger partial charge in [0.05, 0.1) is 42.6 Å². The highest BCUT2D eigenvalue weighted by molar-refractivity contribution is 6.32. The van der Waals surface area contributed by atoms with E-state index in [0.717, 1.165) is 49.9 Å². The Bertz CT molecular complexity index is 1550. The van der Waals surface area contributed by atoms with Crippen molar-refractivity contribution in [2.45, 2.75) is 89.8 Å². The molecule has 47 heavy (non-hydrogen) atoms. The number of aliphatic hydroxyl groups excluding tert-OH is 1. The fourth-order valence-corrected chi connectivity index (χ4v) is 6.57. The number of anilines is 2. The second-order valence-electron chi connectivity index (χ2n) is 12.5. The molecule has 1 saturated heterocycles. The van der Waals surface area contributed by atoms with Crippen molar-refractivity contribution in [3.8, 4) is 22.8 Å². The van der Waals surface area contributed by atoms with Crippen molar-refractivity contribution in [2.24, 2.45) is 0 Å². The molecule has 1 unspecified atom stereocenters. The van der Waals surface area contributed by atoms with Crippen LogP contribution in [0.5, 0.6) is 11.6 Å². The third-order valence-corrected chi connectivity index (χ3v) is 8.88. The second kappa shape index (κ2) is 15.4. The average molecular weight is 667 g/mol. The highest BCUT2D eigenvalue weighted by Crippen LogP contribution is 2.36. The van der Waals surface area contributed by atoms with E-state index in [4.69, 9.17) is 30.9 Å². The lowest BCUT2D eigenvalue weighted by Crippen LogP contribution is -2.51. The molecule has 0 spiro atoms. The molecule has 1 aliphatic heterocycles. The Balaban J connectivity index is 1.11. The summed E-state index contributed by atoms with van der Waals surface area (Å²) in [6, 6.07) is 6.42. The van der Waals surface area contributed by atoms with Gasteiger partial charge in [0.25, 0.3) is 5.88 Å². The topological polar surface area (TPSA) is 150 Å². The number of benzene rings is 1. The molecule has 15 heteroatoms. The number of ether oxygens (including phenoxy) is 3. The van der Waals surface area contributed by atoms with Gasteiger partial charge in [0.15, 0.2) is 0 Å². The maximum absolute atomic E-state index is 9.29. The first-order valence-electron chi connectivity index (χ1n) is 16.3. The van der Waals surface area contributed by atoms with E-state index < -0.39 is 0 Å². The van der Waals surface area contributed by atoms with E-state index in [1.807, 2.05) is 29.9 Å². The van der Waals surface area contributed by atoms with Crippen molar-refractivity contribution in [1.29, 1.82) is 0 Å². The van der Waals surface area contributed by atoms with Crippen LogP contribution in [0.15, 0.2) is 43.1 Å². The van der Waals surface area contributed by atoms with E-state index in [9.17, 15) is 5.11 Å². The molecule has 0 amide bonds. The number of hydrogen-bond donors (Lipinski definition) is 2. The second-order valence-corrected chi connectivity index (χ2v) is 12.9. The Morgan fingerprint density at radius 1 is 1.06 bits per heavy atom. The average Bonchev–Trinajstić information content (AvgIpc) is 3.72. The van der Waals surface area contributed by atoms with Crippen molar-refractivity contribution in [3.05, 3.63) is 48.1 Å². The Morgan fingerprint density at radius 3 is 2.51 bits per heavy atom. The first-order chi connectivity index (χ1) is 22.8. The SMILES string of the molecule is CC(Cn1cnnn1)Oc1cc(-c2cnc(Nc3cn(C4CCC(N5C[C@@H](C)O[C@@H](C)C5)CC4)nc3OCCCO)nc2)ccc1Cl. The lowest BCUT2D eigenvalue weighted by atomic mass is 9.89. The zero-order valence-electron chi connectivity index (χ0n) is 27.1. The van der Waals surface area contributed by atoms with Gasteiger partial charge in [-0.25, -0.2) is 14.6 Å². The van der Waals surface area contributed by atoms with Gasteiger partial charge in [0.1, 0.15) is 23.9 Å². The molecule has 1 aliphatic carbocycles. The molecular weight excluding hydrogens is 624 g/mol. The summed E-state index contributed by atoms with van der Waals surface area (Å²) >= 11 is 6.44. The van der Waals surface area contributed by atoms with Crippen molar-refractivity contribution < 1.29 is 19.3 Å². The van der Waals surface area contributed by atoms with Crippen LogP contribution < -0.4 is 14.8 Å². The van der Waals surface area contributed by atoms with Crippen LogP contribution in [0.4, 0.5) is 11.6 Å². The monoisotopic (exact) mass is 666 g/mol. The van der Waals surface area contributed by atoms with Gasteiger partial charge in [-0.1, -0.05) is 17.7 Å². The van der Waals surface area contributed by atoms with Crippen molar-refractivity contribution >= 4 is 23.2 Å². The molecule has 1 aromatic carbocycles. The highest BCUT2D eigenvalue weighted by Gasteiger charge is 2.32. The number of rotatable bonds is 13. The summed E-state index contributed by atoms with van der Waals surface area (Å²) in [6.07, 6.45) is 12.2. The van der Waals surface area contributed by atoms with E-state index >= 15 is 0 Å². The van der Waals surface area contributed by atoms with Gasteiger partial charge in [-0.05, 0) is 74.6 Å². The minimum absolute atomic E-state index is 0.0481. The summed E-state index contributed by atoms with van der Waals surface area (Å²) in [5.41, 5.74) is 2.36. The van der Waals surface area contributed by atoms with Gasteiger partial charge in [0, 0.05) is 50.1 Å². The van der Waals surface area contributed by atoms with Crippen LogP contribution in [0, 0.1) is 0 Å². The summed E-state index contributed by atoms with van der Waals surface area (Å²) in [5.74, 6) is 1.44. The van der Waals surface area contributed by atoms with Crippen LogP contribution in [0.3, 0.4) is 0 Å². The lowest BCUT2D eigenvalue weighted by molar-refractivity contribution is -0.0852. The van der Waals surface area contributed by atoms with Crippen molar-refractivity contribution in [2.75, 3.05) is 31.6 Å². The summed E-state index contributed by atoms with van der Waals surface area (Å²) in [5, 5.41) is 29.1. The molecule has 4 heterocycles. The number of aromatic nitrogens is 8. The van der Waals surface area contributed by atoms with Gasteiger partial charge in [0.2, 0.25) is 5.95 Å². The fraction of sp³-hybridized carbons (Fsp3) is 0.562. The Hall–Kier alpha value is -3.85. The fourth-order valence-electron chi connectivity index (χ4n) is 6.41. The largest absolute Gasteiger partial charge is 0.487 e. The van der Waals surface area contributed by atoms with Gasteiger partial charge >= 0.3 is 0 Å². The smallest absolute Gasteiger partial charge is 0.256 e. The maximum atomic E-state index is 9.29. The molecule has 6 rings (SSSR count). The summed E-state index contributed by atoms with van der Waals surface area (Å²) in [4.78, 5) is 11.8. The quantitative estimate of drug-likeness (QED) is 0.193. The van der Waals surface area contributed by atoms with E-state index in [-0.39, 0.29) is 31.0 Å². The predicted molar refractivity (Wildman–Crippen MR) is 176 cm³/mol. The van der Waals surface area contributed by atoms with Gasteiger partial charge in [-0.3, -0.25) is 9.58 Å². The normalized spacial score (nSPS) is 22.6. The number of nitrogens with zero attached hydrogens (tertiary/aromatic N) is 9. The third kappa shape index (κ3) is 8.55. The molecule has 252 valence electrons. The predicted octanol–water partition coefficient (Wildman–Crippen LogP) is 4.55. The molecule has 2 N–H and O–H groups in total. The minimum atomic E-state index is -0.212. The molecule has 2 aliphatic rings. The van der Waals surface area contributed by atoms with E-state index in [1.165, 1.54) is 0 Å². The summed E-state index contributed by atoms with van der Waals surface area (Å²) < 4.78 is 21.6. The Morgan fingerprint density at radius 2 is 1.81 bits per heavy atom. The molecule has 2 fully saturated rings. The first-order valence-corrected chi connectivity index (χ1v) is 16.7. The molecule has 0 bridgehead atoms. The molecule has 14 nitrogen and oxygen atoms in total. The summed E-state index contributed by atoms with van der Waals surface area (Å²) in [7, 11) is 0. The van der Waals surface area contributed by atoms with Gasteiger partial charge < -0.3 is 24.6 Å². The number of morpholine rings is 1.